The van der Waals surface area contributed by atoms with Crippen LogP contribution in [0.1, 0.15) is 25.0 Å². The summed E-state index contributed by atoms with van der Waals surface area (Å²) in [5, 5.41) is 0. The van der Waals surface area contributed by atoms with E-state index in [1.807, 2.05) is 6.07 Å². The number of ether oxygens (including phenoxy) is 1. The molecule has 0 saturated heterocycles. The Kier molecular flexibility index (Phi) is 2.53. The molecule has 0 aromatic heterocycles. The fourth-order valence-corrected chi connectivity index (χ4v) is 3.33. The molecule has 0 fully saturated rings. The fourth-order valence-electron chi connectivity index (χ4n) is 2.97. The lowest BCUT2D eigenvalue weighted by Gasteiger charge is -2.23. The van der Waals surface area contributed by atoms with Crippen LogP contribution in [0.5, 0.6) is 5.75 Å². The van der Waals surface area contributed by atoms with E-state index in [0.717, 1.165) is 10.2 Å². The minimum atomic E-state index is -0.0128. The highest BCUT2D eigenvalue weighted by atomic mass is 79.9. The number of benzene rings is 2. The van der Waals surface area contributed by atoms with Crippen molar-refractivity contribution in [1.29, 1.82) is 0 Å². The Hall–Kier alpha value is -1.28. The molecular weight excluding hydrogens is 288 g/mol. The van der Waals surface area contributed by atoms with Gasteiger partial charge >= 0.3 is 0 Å². The van der Waals surface area contributed by atoms with E-state index >= 15 is 0 Å². The number of rotatable bonds is 1. The average Bonchev–Trinajstić information content (AvgIpc) is 2.59. The number of hydrogen-bond donors (Lipinski definition) is 0. The molecule has 0 spiro atoms. The Bertz CT molecular complexity index is 629. The van der Waals surface area contributed by atoms with Crippen LogP contribution in [0.15, 0.2) is 40.9 Å². The first-order valence-electron chi connectivity index (χ1n) is 6.03. The summed E-state index contributed by atoms with van der Waals surface area (Å²) in [6.45, 7) is 4.51. The lowest BCUT2D eigenvalue weighted by atomic mass is 9.82. The fraction of sp³-hybridized carbons (Fsp3) is 0.250. The zero-order valence-electron chi connectivity index (χ0n) is 10.8. The van der Waals surface area contributed by atoms with Gasteiger partial charge in [0.2, 0.25) is 0 Å². The lowest BCUT2D eigenvalue weighted by Crippen LogP contribution is -2.16. The average molecular weight is 303 g/mol. The Morgan fingerprint density at radius 1 is 1.06 bits per heavy atom. The Balaban J connectivity index is 2.38. The number of methoxy groups -OCH3 is 1. The summed E-state index contributed by atoms with van der Waals surface area (Å²) < 4.78 is 6.67. The highest BCUT2D eigenvalue weighted by molar-refractivity contribution is 9.10. The Morgan fingerprint density at radius 2 is 1.83 bits per heavy atom. The third-order valence-corrected chi connectivity index (χ3v) is 4.31. The third kappa shape index (κ3) is 1.45. The van der Waals surface area contributed by atoms with Gasteiger partial charge in [-0.1, -0.05) is 48.0 Å². The van der Waals surface area contributed by atoms with Crippen LogP contribution in [0.25, 0.3) is 11.1 Å². The van der Waals surface area contributed by atoms with E-state index in [9.17, 15) is 0 Å². The number of hydrogen-bond acceptors (Lipinski definition) is 1. The van der Waals surface area contributed by atoms with Gasteiger partial charge in [0.05, 0.1) is 7.11 Å². The minimum absolute atomic E-state index is 0.0128. The van der Waals surface area contributed by atoms with Gasteiger partial charge in [0.25, 0.3) is 0 Å². The second-order valence-corrected chi connectivity index (χ2v) is 6.11. The van der Waals surface area contributed by atoms with Gasteiger partial charge in [-0.15, -0.1) is 0 Å². The van der Waals surface area contributed by atoms with Gasteiger partial charge < -0.3 is 4.74 Å². The first-order chi connectivity index (χ1) is 8.55. The molecule has 2 aromatic carbocycles. The number of halogens is 1. The van der Waals surface area contributed by atoms with Crippen LogP contribution < -0.4 is 4.74 Å². The maximum atomic E-state index is 5.54. The van der Waals surface area contributed by atoms with Crippen molar-refractivity contribution in [1.82, 2.24) is 0 Å². The maximum Gasteiger partial charge on any atom is 0.123 e. The van der Waals surface area contributed by atoms with E-state index in [1.165, 1.54) is 22.3 Å². The zero-order valence-corrected chi connectivity index (χ0v) is 12.3. The van der Waals surface area contributed by atoms with Crippen LogP contribution in [0, 0.1) is 0 Å². The van der Waals surface area contributed by atoms with Crippen LogP contribution in [0.4, 0.5) is 0 Å². The summed E-state index contributed by atoms with van der Waals surface area (Å²) >= 11 is 3.57. The minimum Gasteiger partial charge on any atom is -0.496 e. The van der Waals surface area contributed by atoms with Gasteiger partial charge in [0.1, 0.15) is 5.75 Å². The Morgan fingerprint density at radius 3 is 2.56 bits per heavy atom. The SMILES string of the molecule is COc1cccc2c1C(C)(C)c1cc(Br)ccc1-2. The van der Waals surface area contributed by atoms with E-state index in [-0.39, 0.29) is 5.41 Å². The summed E-state index contributed by atoms with van der Waals surface area (Å²) in [4.78, 5) is 0. The molecule has 2 aromatic rings. The van der Waals surface area contributed by atoms with Crippen LogP contribution in [0.3, 0.4) is 0 Å². The topological polar surface area (TPSA) is 9.23 Å². The summed E-state index contributed by atoms with van der Waals surface area (Å²) in [7, 11) is 1.74. The van der Waals surface area contributed by atoms with Crippen molar-refractivity contribution in [3.63, 3.8) is 0 Å². The quantitative estimate of drug-likeness (QED) is 0.738. The smallest absolute Gasteiger partial charge is 0.123 e. The Labute approximate surface area is 116 Å². The normalized spacial score (nSPS) is 15.1. The monoisotopic (exact) mass is 302 g/mol. The molecule has 0 unspecified atom stereocenters. The summed E-state index contributed by atoms with van der Waals surface area (Å²) in [6, 6.07) is 12.8. The molecule has 1 aliphatic carbocycles. The largest absolute Gasteiger partial charge is 0.496 e. The van der Waals surface area contributed by atoms with Crippen molar-refractivity contribution < 1.29 is 4.74 Å². The molecule has 18 heavy (non-hydrogen) atoms. The molecule has 0 heterocycles. The second-order valence-electron chi connectivity index (χ2n) is 5.20. The van der Waals surface area contributed by atoms with Crippen LogP contribution in [-0.2, 0) is 5.41 Å². The maximum absolute atomic E-state index is 5.54. The molecule has 0 radical (unpaired) electrons. The van der Waals surface area contributed by atoms with Gasteiger partial charge in [-0.25, -0.2) is 0 Å². The molecule has 1 aliphatic rings. The molecule has 0 amide bonds. The van der Waals surface area contributed by atoms with E-state index < -0.39 is 0 Å². The van der Waals surface area contributed by atoms with Crippen molar-refractivity contribution in [3.05, 3.63) is 52.0 Å². The van der Waals surface area contributed by atoms with Crippen LogP contribution in [0.2, 0.25) is 0 Å². The highest BCUT2D eigenvalue weighted by Gasteiger charge is 2.37. The molecule has 3 rings (SSSR count). The van der Waals surface area contributed by atoms with E-state index in [4.69, 9.17) is 4.74 Å². The lowest BCUT2D eigenvalue weighted by molar-refractivity contribution is 0.403. The molecular formula is C16H15BrO. The third-order valence-electron chi connectivity index (χ3n) is 3.82. The van der Waals surface area contributed by atoms with Gasteiger partial charge in [-0.3, -0.25) is 0 Å². The van der Waals surface area contributed by atoms with Crippen molar-refractivity contribution in [2.24, 2.45) is 0 Å². The molecule has 0 bridgehead atoms. The van der Waals surface area contributed by atoms with E-state index in [0.29, 0.717) is 0 Å². The molecule has 0 N–H and O–H groups in total. The second kappa shape index (κ2) is 3.86. The summed E-state index contributed by atoms with van der Waals surface area (Å²) in [5.74, 6) is 0.977. The van der Waals surface area contributed by atoms with Crippen LogP contribution >= 0.6 is 15.9 Å². The molecule has 0 saturated carbocycles. The molecule has 0 aliphatic heterocycles. The molecule has 2 heteroatoms. The van der Waals surface area contributed by atoms with Crippen molar-refractivity contribution in [3.8, 4) is 16.9 Å². The summed E-state index contributed by atoms with van der Waals surface area (Å²) in [5.41, 5.74) is 5.25. The van der Waals surface area contributed by atoms with Crippen molar-refractivity contribution >= 4 is 15.9 Å². The predicted octanol–water partition coefficient (Wildman–Crippen LogP) is 4.76. The highest BCUT2D eigenvalue weighted by Crippen LogP contribution is 2.52. The molecule has 0 atom stereocenters. The standard InChI is InChI=1S/C16H15BrO/c1-16(2)13-9-10(17)7-8-11(13)12-5-4-6-14(18-3)15(12)16/h4-9H,1-3H3. The van der Waals surface area contributed by atoms with Gasteiger partial charge in [0, 0.05) is 15.5 Å². The van der Waals surface area contributed by atoms with Crippen LogP contribution in [-0.4, -0.2) is 7.11 Å². The first-order valence-corrected chi connectivity index (χ1v) is 6.83. The summed E-state index contributed by atoms with van der Waals surface area (Å²) in [6.07, 6.45) is 0. The molecule has 1 nitrogen and oxygen atoms in total. The van der Waals surface area contributed by atoms with Gasteiger partial charge in [0.15, 0.2) is 0 Å². The molecule has 92 valence electrons. The van der Waals surface area contributed by atoms with E-state index in [1.54, 1.807) is 7.11 Å². The van der Waals surface area contributed by atoms with Crippen molar-refractivity contribution in [2.45, 2.75) is 19.3 Å². The van der Waals surface area contributed by atoms with Gasteiger partial charge in [-0.2, -0.15) is 0 Å². The first kappa shape index (κ1) is 11.8. The van der Waals surface area contributed by atoms with Crippen molar-refractivity contribution in [2.75, 3.05) is 7.11 Å². The van der Waals surface area contributed by atoms with E-state index in [2.05, 4.69) is 60.1 Å². The van der Waals surface area contributed by atoms with Gasteiger partial charge in [-0.05, 0) is 34.9 Å². The zero-order chi connectivity index (χ0) is 12.9. The number of fused-ring (bicyclic) bond motifs is 3. The predicted molar refractivity (Wildman–Crippen MR) is 78.3 cm³/mol.